The van der Waals surface area contributed by atoms with Gasteiger partial charge in [0.1, 0.15) is 5.56 Å². The summed E-state index contributed by atoms with van der Waals surface area (Å²) in [6.45, 7) is 0. The lowest BCUT2D eigenvalue weighted by molar-refractivity contribution is 0.410. The molecule has 1 heterocycles. The van der Waals surface area contributed by atoms with Crippen molar-refractivity contribution in [1.29, 1.82) is 0 Å². The van der Waals surface area contributed by atoms with E-state index in [9.17, 15) is 14.7 Å². The minimum absolute atomic E-state index is 0.0657. The van der Waals surface area contributed by atoms with Crippen LogP contribution in [0.5, 0.6) is 5.88 Å². The molecule has 0 radical (unpaired) electrons. The van der Waals surface area contributed by atoms with Gasteiger partial charge in [0.25, 0.3) is 5.56 Å². The van der Waals surface area contributed by atoms with Crippen LogP contribution in [-0.4, -0.2) is 20.0 Å². The zero-order valence-electron chi connectivity index (χ0n) is 14.4. The molecule has 0 saturated heterocycles. The van der Waals surface area contributed by atoms with E-state index >= 15 is 0 Å². The Balaban J connectivity index is 2.40. The van der Waals surface area contributed by atoms with Crippen LogP contribution in [0.25, 0.3) is 0 Å². The second kappa shape index (κ2) is 6.72. The highest BCUT2D eigenvalue weighted by molar-refractivity contribution is 6.15. The Labute approximate surface area is 149 Å². The number of nitrogens with zero attached hydrogens (tertiary/aromatic N) is 3. The van der Waals surface area contributed by atoms with Gasteiger partial charge in [-0.3, -0.25) is 13.9 Å². The van der Waals surface area contributed by atoms with Crippen LogP contribution >= 0.6 is 0 Å². The van der Waals surface area contributed by atoms with Crippen molar-refractivity contribution in [3.8, 4) is 5.88 Å². The van der Waals surface area contributed by atoms with E-state index < -0.39 is 17.1 Å². The molecule has 3 aromatic rings. The summed E-state index contributed by atoms with van der Waals surface area (Å²) in [5.41, 5.74) is 6.39. The third-order valence-electron chi connectivity index (χ3n) is 4.09. The van der Waals surface area contributed by atoms with E-state index in [1.807, 2.05) is 6.07 Å². The molecule has 2 aromatic carbocycles. The quantitative estimate of drug-likeness (QED) is 0.552. The molecule has 0 unspecified atom stereocenters. The summed E-state index contributed by atoms with van der Waals surface area (Å²) in [5.74, 6) is -0.449. The number of hydrogen-bond acceptors (Lipinski definition) is 5. The molecule has 0 aliphatic rings. The van der Waals surface area contributed by atoms with Gasteiger partial charge >= 0.3 is 5.69 Å². The first-order valence-corrected chi connectivity index (χ1v) is 7.89. The average Bonchev–Trinajstić information content (AvgIpc) is 2.66. The smallest absolute Gasteiger partial charge is 0.333 e. The van der Waals surface area contributed by atoms with Gasteiger partial charge in [-0.15, -0.1) is 0 Å². The molecule has 0 spiro atoms. The lowest BCUT2D eigenvalue weighted by Gasteiger charge is -2.13. The number of hydrogen-bond donors (Lipinski definition) is 2. The van der Waals surface area contributed by atoms with Crippen LogP contribution in [0.4, 0.5) is 11.4 Å². The van der Waals surface area contributed by atoms with E-state index in [-0.39, 0.29) is 11.3 Å². The molecule has 3 N–H and O–H groups in total. The highest BCUT2D eigenvalue weighted by atomic mass is 16.3. The van der Waals surface area contributed by atoms with E-state index in [1.54, 1.807) is 48.5 Å². The highest BCUT2D eigenvalue weighted by Gasteiger charge is 2.21. The van der Waals surface area contributed by atoms with E-state index in [1.165, 1.54) is 14.1 Å². The van der Waals surface area contributed by atoms with Gasteiger partial charge in [-0.25, -0.2) is 9.79 Å². The first-order chi connectivity index (χ1) is 12.4. The summed E-state index contributed by atoms with van der Waals surface area (Å²) in [4.78, 5) is 29.3. The summed E-state index contributed by atoms with van der Waals surface area (Å²) < 4.78 is 1.94. The molecule has 0 bridgehead atoms. The molecular weight excluding hydrogens is 332 g/mol. The van der Waals surface area contributed by atoms with Crippen molar-refractivity contribution in [2.75, 3.05) is 5.73 Å². The SMILES string of the molecule is Cn1c(O)c(C(=Nc2ccccc2N)c2ccccc2)c(=O)n(C)c1=O. The second-order valence-electron chi connectivity index (χ2n) is 5.79. The number of para-hydroxylation sites is 2. The molecule has 0 aliphatic carbocycles. The minimum Gasteiger partial charge on any atom is -0.494 e. The Kier molecular flexibility index (Phi) is 4.45. The maximum Gasteiger partial charge on any atom is 0.333 e. The Morgan fingerprint density at radius 2 is 1.58 bits per heavy atom. The number of anilines is 1. The monoisotopic (exact) mass is 350 g/mol. The molecule has 0 saturated carbocycles. The van der Waals surface area contributed by atoms with Gasteiger partial charge in [0.2, 0.25) is 5.88 Å². The molecule has 0 fully saturated rings. The van der Waals surface area contributed by atoms with Crippen LogP contribution in [0.3, 0.4) is 0 Å². The Bertz CT molecular complexity index is 1110. The molecule has 7 heteroatoms. The molecule has 0 atom stereocenters. The number of benzene rings is 2. The highest BCUT2D eigenvalue weighted by Crippen LogP contribution is 2.25. The topological polar surface area (TPSA) is 103 Å². The van der Waals surface area contributed by atoms with Crippen molar-refractivity contribution in [2.45, 2.75) is 0 Å². The summed E-state index contributed by atoms with van der Waals surface area (Å²) in [6, 6.07) is 15.9. The maximum absolute atomic E-state index is 12.7. The van der Waals surface area contributed by atoms with Gasteiger partial charge < -0.3 is 10.8 Å². The molecule has 3 rings (SSSR count). The van der Waals surface area contributed by atoms with Crippen LogP contribution in [0.2, 0.25) is 0 Å². The lowest BCUT2D eigenvalue weighted by Crippen LogP contribution is -2.40. The van der Waals surface area contributed by atoms with Gasteiger partial charge in [0, 0.05) is 19.7 Å². The van der Waals surface area contributed by atoms with Crippen molar-refractivity contribution in [3.63, 3.8) is 0 Å². The van der Waals surface area contributed by atoms with Gasteiger partial charge in [-0.1, -0.05) is 42.5 Å². The fourth-order valence-corrected chi connectivity index (χ4v) is 2.61. The Morgan fingerprint density at radius 3 is 2.23 bits per heavy atom. The lowest BCUT2D eigenvalue weighted by atomic mass is 10.0. The molecule has 1 aromatic heterocycles. The number of aromatic hydroxyl groups is 1. The second-order valence-corrected chi connectivity index (χ2v) is 5.79. The van der Waals surface area contributed by atoms with Gasteiger partial charge in [0.05, 0.1) is 17.1 Å². The zero-order chi connectivity index (χ0) is 18.8. The maximum atomic E-state index is 12.7. The Hall–Kier alpha value is -3.61. The summed E-state index contributed by atoms with van der Waals surface area (Å²) in [5, 5.41) is 10.5. The predicted octanol–water partition coefficient (Wildman–Crippen LogP) is 1.54. The normalized spacial score (nSPS) is 11.5. The number of rotatable bonds is 3. The molecular formula is C19H18N4O3. The Morgan fingerprint density at radius 1 is 0.962 bits per heavy atom. The number of aromatic nitrogens is 2. The van der Waals surface area contributed by atoms with Crippen molar-refractivity contribution in [2.24, 2.45) is 19.1 Å². The van der Waals surface area contributed by atoms with Crippen LogP contribution in [0, 0.1) is 0 Å². The average molecular weight is 350 g/mol. The largest absolute Gasteiger partial charge is 0.494 e. The van der Waals surface area contributed by atoms with Crippen LogP contribution in [0.15, 0.2) is 69.2 Å². The molecule has 0 amide bonds. The molecule has 132 valence electrons. The third-order valence-corrected chi connectivity index (χ3v) is 4.09. The number of nitrogens with two attached hydrogens (primary N) is 1. The predicted molar refractivity (Wildman–Crippen MR) is 101 cm³/mol. The minimum atomic E-state index is -0.636. The number of aliphatic imine (C=N–C) groups is 1. The fraction of sp³-hybridized carbons (Fsp3) is 0.105. The van der Waals surface area contributed by atoms with Crippen molar-refractivity contribution < 1.29 is 5.11 Å². The van der Waals surface area contributed by atoms with E-state index in [0.717, 1.165) is 9.13 Å². The zero-order valence-corrected chi connectivity index (χ0v) is 14.4. The van der Waals surface area contributed by atoms with Crippen molar-refractivity contribution >= 4 is 17.1 Å². The summed E-state index contributed by atoms with van der Waals surface area (Å²) in [7, 11) is 2.74. The van der Waals surface area contributed by atoms with Gasteiger partial charge in [-0.2, -0.15) is 0 Å². The molecule has 7 nitrogen and oxygen atoms in total. The van der Waals surface area contributed by atoms with Gasteiger partial charge in [0.15, 0.2) is 0 Å². The van der Waals surface area contributed by atoms with E-state index in [4.69, 9.17) is 5.73 Å². The van der Waals surface area contributed by atoms with Crippen LogP contribution < -0.4 is 17.0 Å². The van der Waals surface area contributed by atoms with Gasteiger partial charge in [-0.05, 0) is 12.1 Å². The molecule has 0 aliphatic heterocycles. The van der Waals surface area contributed by atoms with Crippen molar-refractivity contribution in [3.05, 3.63) is 86.6 Å². The summed E-state index contributed by atoms with van der Waals surface area (Å²) in [6.07, 6.45) is 0. The van der Waals surface area contributed by atoms with Crippen LogP contribution in [-0.2, 0) is 14.1 Å². The molecule has 26 heavy (non-hydrogen) atoms. The van der Waals surface area contributed by atoms with Crippen molar-refractivity contribution in [1.82, 2.24) is 9.13 Å². The first-order valence-electron chi connectivity index (χ1n) is 7.89. The standard InChI is InChI=1S/C19H18N4O3/c1-22-17(24)15(18(25)23(2)19(22)26)16(12-8-4-3-5-9-12)21-14-11-7-6-10-13(14)20/h3-11,24H,20H2,1-2H3. The van der Waals surface area contributed by atoms with E-state index in [0.29, 0.717) is 16.9 Å². The van der Waals surface area contributed by atoms with E-state index in [2.05, 4.69) is 4.99 Å². The summed E-state index contributed by atoms with van der Waals surface area (Å²) >= 11 is 0. The fourth-order valence-electron chi connectivity index (χ4n) is 2.61. The third kappa shape index (κ3) is 2.90. The van der Waals surface area contributed by atoms with Crippen LogP contribution in [0.1, 0.15) is 11.1 Å². The number of nitrogen functional groups attached to an aromatic ring is 1. The first kappa shape index (κ1) is 17.2.